The summed E-state index contributed by atoms with van der Waals surface area (Å²) in [5.41, 5.74) is 1.36. The van der Waals surface area contributed by atoms with Gasteiger partial charge in [-0.2, -0.15) is 0 Å². The Morgan fingerprint density at radius 1 is 1.43 bits per heavy atom. The van der Waals surface area contributed by atoms with Crippen molar-refractivity contribution in [3.63, 3.8) is 0 Å². The zero-order valence-electron chi connectivity index (χ0n) is 7.82. The maximum absolute atomic E-state index is 10.8. The number of carbonyl (C=O) groups is 1. The van der Waals surface area contributed by atoms with Gasteiger partial charge in [0.05, 0.1) is 0 Å². The molecule has 3 heteroatoms. The van der Waals surface area contributed by atoms with Gasteiger partial charge in [-0.25, -0.2) is 4.79 Å². The maximum Gasteiger partial charge on any atom is 0.345 e. The van der Waals surface area contributed by atoms with Crippen molar-refractivity contribution in [1.29, 1.82) is 0 Å². The minimum atomic E-state index is -0.762. The SMILES string of the molecule is O=C(O)c1cc2c(s1)[C@@H]1CCC[C@H]2C1. The van der Waals surface area contributed by atoms with E-state index in [9.17, 15) is 4.79 Å². The van der Waals surface area contributed by atoms with Gasteiger partial charge >= 0.3 is 5.97 Å². The van der Waals surface area contributed by atoms with Crippen LogP contribution in [-0.4, -0.2) is 11.1 Å². The highest BCUT2D eigenvalue weighted by Gasteiger charge is 2.36. The van der Waals surface area contributed by atoms with E-state index in [0.29, 0.717) is 16.7 Å². The Labute approximate surface area is 86.6 Å². The summed E-state index contributed by atoms with van der Waals surface area (Å²) >= 11 is 1.51. The lowest BCUT2D eigenvalue weighted by molar-refractivity contribution is 0.0702. The number of carboxylic acid groups (broad SMARTS) is 1. The fourth-order valence-corrected chi connectivity index (χ4v) is 4.11. The molecule has 0 saturated heterocycles. The zero-order chi connectivity index (χ0) is 9.71. The Morgan fingerprint density at radius 2 is 2.21 bits per heavy atom. The minimum Gasteiger partial charge on any atom is -0.477 e. The molecule has 2 bridgehead atoms. The maximum atomic E-state index is 10.8. The summed E-state index contributed by atoms with van der Waals surface area (Å²) < 4.78 is 0. The first kappa shape index (κ1) is 8.48. The van der Waals surface area contributed by atoms with Gasteiger partial charge in [-0.3, -0.25) is 0 Å². The lowest BCUT2D eigenvalue weighted by Crippen LogP contribution is -2.02. The van der Waals surface area contributed by atoms with Gasteiger partial charge in [0.1, 0.15) is 4.88 Å². The Bertz CT molecular complexity index is 366. The van der Waals surface area contributed by atoms with Crippen molar-refractivity contribution in [2.24, 2.45) is 0 Å². The second-order valence-corrected chi connectivity index (χ2v) is 5.38. The molecule has 1 aromatic rings. The Kier molecular flexibility index (Phi) is 1.71. The summed E-state index contributed by atoms with van der Waals surface area (Å²) in [5.74, 6) is 0.595. The molecule has 3 rings (SSSR count). The van der Waals surface area contributed by atoms with Crippen LogP contribution in [0.5, 0.6) is 0 Å². The van der Waals surface area contributed by atoms with E-state index in [-0.39, 0.29) is 0 Å². The van der Waals surface area contributed by atoms with Crippen molar-refractivity contribution in [3.8, 4) is 0 Å². The summed E-state index contributed by atoms with van der Waals surface area (Å²) in [6.45, 7) is 0. The largest absolute Gasteiger partial charge is 0.477 e. The summed E-state index contributed by atoms with van der Waals surface area (Å²) in [6.07, 6.45) is 5.13. The Hall–Kier alpha value is -0.830. The molecule has 1 N–H and O–H groups in total. The number of thiophene rings is 1. The third-order valence-electron chi connectivity index (χ3n) is 3.49. The first-order valence-electron chi connectivity index (χ1n) is 5.12. The van der Waals surface area contributed by atoms with Gasteiger partial charge in [0, 0.05) is 4.88 Å². The van der Waals surface area contributed by atoms with E-state index in [1.54, 1.807) is 0 Å². The van der Waals surface area contributed by atoms with Crippen molar-refractivity contribution in [2.45, 2.75) is 37.5 Å². The van der Waals surface area contributed by atoms with Crippen LogP contribution in [0.15, 0.2) is 6.07 Å². The van der Waals surface area contributed by atoms with Gasteiger partial charge < -0.3 is 5.11 Å². The molecule has 0 aliphatic heterocycles. The summed E-state index contributed by atoms with van der Waals surface area (Å²) in [4.78, 5) is 12.8. The van der Waals surface area contributed by atoms with Gasteiger partial charge in [-0.05, 0) is 42.7 Å². The molecule has 74 valence electrons. The lowest BCUT2D eigenvalue weighted by atomic mass is 9.87. The summed E-state index contributed by atoms with van der Waals surface area (Å²) in [6, 6.07) is 1.92. The molecular formula is C11H12O2S. The number of carboxylic acids is 1. The predicted molar refractivity (Wildman–Crippen MR) is 55.2 cm³/mol. The van der Waals surface area contributed by atoms with Crippen LogP contribution in [-0.2, 0) is 0 Å². The van der Waals surface area contributed by atoms with E-state index in [2.05, 4.69) is 0 Å². The highest BCUT2D eigenvalue weighted by atomic mass is 32.1. The molecule has 1 aromatic heterocycles. The van der Waals surface area contributed by atoms with Crippen LogP contribution in [0, 0.1) is 0 Å². The average Bonchev–Trinajstić information content (AvgIpc) is 2.69. The number of fused-ring (bicyclic) bond motifs is 5. The zero-order valence-corrected chi connectivity index (χ0v) is 8.64. The summed E-state index contributed by atoms with van der Waals surface area (Å²) in [5, 5.41) is 8.92. The monoisotopic (exact) mass is 208 g/mol. The molecule has 2 aliphatic rings. The highest BCUT2D eigenvalue weighted by Crippen LogP contribution is 2.53. The molecule has 2 atom stereocenters. The smallest absolute Gasteiger partial charge is 0.345 e. The third-order valence-corrected chi connectivity index (χ3v) is 4.79. The van der Waals surface area contributed by atoms with Crippen LogP contribution in [0.3, 0.4) is 0 Å². The number of hydrogen-bond acceptors (Lipinski definition) is 2. The summed E-state index contributed by atoms with van der Waals surface area (Å²) in [7, 11) is 0. The topological polar surface area (TPSA) is 37.3 Å². The fourth-order valence-electron chi connectivity index (χ4n) is 2.87. The lowest BCUT2D eigenvalue weighted by Gasteiger charge is -2.18. The molecule has 0 radical (unpaired) electrons. The van der Waals surface area contributed by atoms with E-state index in [1.807, 2.05) is 6.07 Å². The van der Waals surface area contributed by atoms with Crippen molar-refractivity contribution in [2.75, 3.05) is 0 Å². The van der Waals surface area contributed by atoms with E-state index in [0.717, 1.165) is 0 Å². The van der Waals surface area contributed by atoms with E-state index in [1.165, 1.54) is 47.5 Å². The standard InChI is InChI=1S/C11H12O2S/c12-11(13)9-5-8-6-2-1-3-7(4-6)10(8)14-9/h5-7H,1-4H2,(H,12,13)/t6-,7+/m0/s1. The molecule has 1 heterocycles. The first-order chi connectivity index (χ1) is 6.75. The minimum absolute atomic E-state index is 0.534. The molecule has 0 spiro atoms. The van der Waals surface area contributed by atoms with E-state index < -0.39 is 5.97 Å². The van der Waals surface area contributed by atoms with Crippen LogP contribution in [0.2, 0.25) is 0 Å². The van der Waals surface area contributed by atoms with E-state index >= 15 is 0 Å². The van der Waals surface area contributed by atoms with Crippen LogP contribution in [0.4, 0.5) is 0 Å². The second-order valence-electron chi connectivity index (χ2n) is 4.30. The number of aromatic carboxylic acids is 1. The van der Waals surface area contributed by atoms with Gasteiger partial charge in [0.25, 0.3) is 0 Å². The Balaban J connectivity index is 2.07. The second kappa shape index (κ2) is 2.83. The highest BCUT2D eigenvalue weighted by molar-refractivity contribution is 7.14. The van der Waals surface area contributed by atoms with Gasteiger partial charge in [0.2, 0.25) is 0 Å². The fraction of sp³-hybridized carbons (Fsp3) is 0.545. The molecular weight excluding hydrogens is 196 g/mol. The molecule has 1 saturated carbocycles. The van der Waals surface area contributed by atoms with Crippen molar-refractivity contribution in [3.05, 3.63) is 21.4 Å². The number of hydrogen-bond donors (Lipinski definition) is 1. The Morgan fingerprint density at radius 3 is 3.00 bits per heavy atom. The molecule has 0 aromatic carbocycles. The van der Waals surface area contributed by atoms with Crippen molar-refractivity contribution < 1.29 is 9.90 Å². The van der Waals surface area contributed by atoms with Crippen molar-refractivity contribution >= 4 is 17.3 Å². The van der Waals surface area contributed by atoms with Crippen LogP contribution in [0.1, 0.15) is 57.6 Å². The van der Waals surface area contributed by atoms with E-state index in [4.69, 9.17) is 5.11 Å². The first-order valence-corrected chi connectivity index (χ1v) is 5.94. The molecule has 0 unspecified atom stereocenters. The third kappa shape index (κ3) is 1.05. The molecule has 2 nitrogen and oxygen atoms in total. The normalized spacial score (nSPS) is 28.9. The molecule has 1 fully saturated rings. The van der Waals surface area contributed by atoms with Crippen LogP contribution in [0.25, 0.3) is 0 Å². The molecule has 14 heavy (non-hydrogen) atoms. The van der Waals surface area contributed by atoms with Gasteiger partial charge in [0.15, 0.2) is 0 Å². The van der Waals surface area contributed by atoms with Crippen LogP contribution < -0.4 is 0 Å². The molecule has 0 amide bonds. The predicted octanol–water partition coefficient (Wildman–Crippen LogP) is 3.20. The van der Waals surface area contributed by atoms with Gasteiger partial charge in [-0.15, -0.1) is 11.3 Å². The number of rotatable bonds is 1. The molecule has 2 aliphatic carbocycles. The average molecular weight is 208 g/mol. The van der Waals surface area contributed by atoms with Crippen molar-refractivity contribution in [1.82, 2.24) is 0 Å². The van der Waals surface area contributed by atoms with Gasteiger partial charge in [-0.1, -0.05) is 6.42 Å². The van der Waals surface area contributed by atoms with Crippen LogP contribution >= 0.6 is 11.3 Å². The quantitative estimate of drug-likeness (QED) is 0.769.